The van der Waals surface area contributed by atoms with Gasteiger partial charge in [-0.15, -0.1) is 0 Å². The Bertz CT molecular complexity index is 1230. The number of carbonyl (C=O) groups is 1. The SMILES string of the molecule is N#CC1=C(N)Oc2cc(OC(=O)Cc3ccc(Cl)cc3)ccc2C1c1ccccc1Cl. The minimum absolute atomic E-state index is 0.00967. The summed E-state index contributed by atoms with van der Waals surface area (Å²) in [6.07, 6.45) is 0.0952. The van der Waals surface area contributed by atoms with Gasteiger partial charge < -0.3 is 15.2 Å². The standard InChI is InChI=1S/C24H16Cl2N2O3/c25-15-7-5-14(6-8-15)11-22(29)30-16-9-10-18-21(12-16)31-24(28)19(13-27)23(18)17-3-1-2-4-20(17)26/h1-10,12,23H,11,28H2. The van der Waals surface area contributed by atoms with Crippen molar-refractivity contribution in [1.29, 1.82) is 5.26 Å². The highest BCUT2D eigenvalue weighted by atomic mass is 35.5. The first-order chi connectivity index (χ1) is 15.0. The summed E-state index contributed by atoms with van der Waals surface area (Å²) in [5, 5.41) is 10.8. The molecular weight excluding hydrogens is 435 g/mol. The number of nitrogens with two attached hydrogens (primary N) is 1. The molecule has 3 aromatic rings. The first-order valence-corrected chi connectivity index (χ1v) is 10.1. The quantitative estimate of drug-likeness (QED) is 0.427. The van der Waals surface area contributed by atoms with Gasteiger partial charge >= 0.3 is 5.97 Å². The lowest BCUT2D eigenvalue weighted by atomic mass is 9.83. The molecule has 154 valence electrons. The highest BCUT2D eigenvalue weighted by Crippen LogP contribution is 2.45. The van der Waals surface area contributed by atoms with E-state index in [4.69, 9.17) is 38.4 Å². The highest BCUT2D eigenvalue weighted by Gasteiger charge is 2.32. The molecule has 0 bridgehead atoms. The van der Waals surface area contributed by atoms with Gasteiger partial charge in [0.2, 0.25) is 5.88 Å². The first-order valence-electron chi connectivity index (χ1n) is 9.37. The number of rotatable bonds is 4. The zero-order valence-electron chi connectivity index (χ0n) is 16.1. The Morgan fingerprint density at radius 2 is 1.81 bits per heavy atom. The number of allylic oxidation sites excluding steroid dienone is 1. The number of nitrogens with zero attached hydrogens (tertiary/aromatic N) is 1. The molecule has 1 aliphatic rings. The summed E-state index contributed by atoms with van der Waals surface area (Å²) in [6, 6.07) is 21.3. The van der Waals surface area contributed by atoms with Crippen molar-refractivity contribution in [3.05, 3.63) is 105 Å². The number of ether oxygens (including phenoxy) is 2. The van der Waals surface area contributed by atoms with Crippen molar-refractivity contribution < 1.29 is 14.3 Å². The lowest BCUT2D eigenvalue weighted by Gasteiger charge is -2.27. The van der Waals surface area contributed by atoms with Crippen LogP contribution in [0.4, 0.5) is 0 Å². The smallest absolute Gasteiger partial charge is 0.315 e. The van der Waals surface area contributed by atoms with Crippen LogP contribution in [-0.2, 0) is 11.2 Å². The number of hydrogen-bond acceptors (Lipinski definition) is 5. The largest absolute Gasteiger partial charge is 0.440 e. The Kier molecular flexibility index (Phi) is 5.85. The van der Waals surface area contributed by atoms with Gasteiger partial charge in [0, 0.05) is 21.7 Å². The van der Waals surface area contributed by atoms with Crippen LogP contribution in [0.5, 0.6) is 11.5 Å². The summed E-state index contributed by atoms with van der Waals surface area (Å²) in [5.74, 6) is -0.213. The van der Waals surface area contributed by atoms with E-state index in [1.165, 1.54) is 0 Å². The molecule has 0 aromatic heterocycles. The molecule has 0 saturated heterocycles. The Balaban J connectivity index is 1.62. The van der Waals surface area contributed by atoms with Gasteiger partial charge in [-0.1, -0.05) is 59.6 Å². The normalized spacial score (nSPS) is 14.9. The first kappa shape index (κ1) is 20.8. The van der Waals surface area contributed by atoms with Gasteiger partial charge in [0.25, 0.3) is 0 Å². The second-order valence-electron chi connectivity index (χ2n) is 6.92. The number of carbonyl (C=O) groups excluding carboxylic acids is 1. The molecule has 0 radical (unpaired) electrons. The fourth-order valence-corrected chi connectivity index (χ4v) is 3.84. The highest BCUT2D eigenvalue weighted by molar-refractivity contribution is 6.31. The van der Waals surface area contributed by atoms with Crippen molar-refractivity contribution in [3.8, 4) is 17.6 Å². The molecule has 1 heterocycles. The van der Waals surface area contributed by atoms with Crippen LogP contribution in [0, 0.1) is 11.3 Å². The van der Waals surface area contributed by atoms with Gasteiger partial charge in [0.05, 0.1) is 12.3 Å². The number of hydrogen-bond donors (Lipinski definition) is 1. The molecule has 0 fully saturated rings. The molecule has 0 amide bonds. The maximum Gasteiger partial charge on any atom is 0.315 e. The van der Waals surface area contributed by atoms with E-state index in [-0.39, 0.29) is 17.9 Å². The van der Waals surface area contributed by atoms with Gasteiger partial charge in [-0.3, -0.25) is 4.79 Å². The topological polar surface area (TPSA) is 85.3 Å². The zero-order valence-corrected chi connectivity index (χ0v) is 17.7. The number of halogens is 2. The van der Waals surface area contributed by atoms with Crippen molar-refractivity contribution in [3.63, 3.8) is 0 Å². The van der Waals surface area contributed by atoms with Crippen molar-refractivity contribution in [2.75, 3.05) is 0 Å². The fraction of sp³-hybridized carbons (Fsp3) is 0.0833. The third-order valence-electron chi connectivity index (χ3n) is 4.90. The monoisotopic (exact) mass is 450 g/mol. The molecule has 5 nitrogen and oxygen atoms in total. The third-order valence-corrected chi connectivity index (χ3v) is 5.50. The van der Waals surface area contributed by atoms with Crippen molar-refractivity contribution >= 4 is 29.2 Å². The lowest BCUT2D eigenvalue weighted by Crippen LogP contribution is -2.21. The van der Waals surface area contributed by atoms with E-state index in [2.05, 4.69) is 6.07 Å². The maximum absolute atomic E-state index is 12.3. The predicted octanol–water partition coefficient (Wildman–Crippen LogP) is 5.36. The van der Waals surface area contributed by atoms with Crippen LogP contribution < -0.4 is 15.2 Å². The molecule has 4 rings (SSSR count). The average molecular weight is 451 g/mol. The third kappa shape index (κ3) is 4.36. The van der Waals surface area contributed by atoms with Gasteiger partial charge in [-0.05, 0) is 35.4 Å². The van der Waals surface area contributed by atoms with Gasteiger partial charge in [0.15, 0.2) is 0 Å². The predicted molar refractivity (Wildman–Crippen MR) is 118 cm³/mol. The van der Waals surface area contributed by atoms with Gasteiger partial charge in [0.1, 0.15) is 23.1 Å². The van der Waals surface area contributed by atoms with Crippen LogP contribution in [-0.4, -0.2) is 5.97 Å². The van der Waals surface area contributed by atoms with E-state index in [0.29, 0.717) is 27.1 Å². The molecule has 31 heavy (non-hydrogen) atoms. The Morgan fingerprint density at radius 3 is 2.52 bits per heavy atom. The Morgan fingerprint density at radius 1 is 1.06 bits per heavy atom. The summed E-state index contributed by atoms with van der Waals surface area (Å²) >= 11 is 12.3. The minimum atomic E-state index is -0.485. The van der Waals surface area contributed by atoms with Crippen LogP contribution in [0.15, 0.2) is 78.2 Å². The van der Waals surface area contributed by atoms with E-state index >= 15 is 0 Å². The maximum atomic E-state index is 12.3. The summed E-state index contributed by atoms with van der Waals surface area (Å²) in [4.78, 5) is 12.3. The number of benzene rings is 3. The average Bonchev–Trinajstić information content (AvgIpc) is 2.75. The fourth-order valence-electron chi connectivity index (χ4n) is 3.46. The van der Waals surface area contributed by atoms with Crippen LogP contribution in [0.1, 0.15) is 22.6 Å². The molecule has 0 aliphatic carbocycles. The van der Waals surface area contributed by atoms with E-state index in [1.54, 1.807) is 48.5 Å². The molecule has 2 N–H and O–H groups in total. The van der Waals surface area contributed by atoms with Crippen molar-refractivity contribution in [2.45, 2.75) is 12.3 Å². The molecule has 1 unspecified atom stereocenters. The number of fused-ring (bicyclic) bond motifs is 1. The molecule has 1 atom stereocenters. The van der Waals surface area contributed by atoms with Gasteiger partial charge in [-0.2, -0.15) is 5.26 Å². The zero-order chi connectivity index (χ0) is 22.0. The summed E-state index contributed by atoms with van der Waals surface area (Å²) < 4.78 is 11.1. The molecular formula is C24H16Cl2N2O3. The second kappa shape index (κ2) is 8.73. The lowest BCUT2D eigenvalue weighted by molar-refractivity contribution is -0.133. The van der Waals surface area contributed by atoms with Crippen LogP contribution in [0.25, 0.3) is 0 Å². The van der Waals surface area contributed by atoms with E-state index in [0.717, 1.165) is 11.1 Å². The van der Waals surface area contributed by atoms with Crippen molar-refractivity contribution in [2.24, 2.45) is 5.73 Å². The summed E-state index contributed by atoms with van der Waals surface area (Å²) in [6.45, 7) is 0. The van der Waals surface area contributed by atoms with Gasteiger partial charge in [-0.25, -0.2) is 0 Å². The summed E-state index contributed by atoms with van der Waals surface area (Å²) in [7, 11) is 0. The summed E-state index contributed by atoms with van der Waals surface area (Å²) in [5.41, 5.74) is 8.52. The molecule has 7 heteroatoms. The van der Waals surface area contributed by atoms with E-state index in [1.807, 2.05) is 18.2 Å². The molecule has 0 saturated carbocycles. The minimum Gasteiger partial charge on any atom is -0.440 e. The van der Waals surface area contributed by atoms with E-state index in [9.17, 15) is 10.1 Å². The van der Waals surface area contributed by atoms with Crippen molar-refractivity contribution in [1.82, 2.24) is 0 Å². The Hall–Kier alpha value is -3.46. The molecule has 1 aliphatic heterocycles. The molecule has 0 spiro atoms. The Labute approximate surface area is 189 Å². The van der Waals surface area contributed by atoms with Crippen LogP contribution in [0.2, 0.25) is 10.0 Å². The second-order valence-corrected chi connectivity index (χ2v) is 7.77. The van der Waals surface area contributed by atoms with Crippen LogP contribution in [0.3, 0.4) is 0 Å². The number of nitriles is 1. The van der Waals surface area contributed by atoms with Crippen LogP contribution >= 0.6 is 23.2 Å². The molecule has 3 aromatic carbocycles. The van der Waals surface area contributed by atoms with E-state index < -0.39 is 11.9 Å². The number of esters is 1.